The summed E-state index contributed by atoms with van der Waals surface area (Å²) in [5.74, 6) is -7.25. The van der Waals surface area contributed by atoms with Gasteiger partial charge in [0, 0.05) is 13.1 Å². The molecule has 0 aliphatic heterocycles. The molecule has 15 heteroatoms. The first-order valence-electron chi connectivity index (χ1n) is 10.2. The molecule has 1 fully saturated rings. The van der Waals surface area contributed by atoms with Gasteiger partial charge >= 0.3 is 73.6 Å². The number of carboxylic acids is 6. The van der Waals surface area contributed by atoms with Crippen molar-refractivity contribution in [3.63, 3.8) is 0 Å². The van der Waals surface area contributed by atoms with Crippen LogP contribution in [0.4, 0.5) is 0 Å². The predicted molar refractivity (Wildman–Crippen MR) is 122 cm³/mol. The fourth-order valence-electron chi connectivity index (χ4n) is 3.79. The molecule has 0 heterocycles. The van der Waals surface area contributed by atoms with E-state index >= 15 is 0 Å². The number of hydrogen-bond acceptors (Lipinski definition) is 8. The van der Waals surface area contributed by atoms with Crippen LogP contribution in [0.1, 0.15) is 33.6 Å². The minimum atomic E-state index is -1.23. The average molecular weight is 535 g/mol. The third kappa shape index (κ3) is 11.5. The predicted octanol–water partition coefficient (Wildman–Crippen LogP) is -1.39. The number of carboxylic acid groups (broad SMARTS) is 6. The Morgan fingerprint density at radius 2 is 1.00 bits per heavy atom. The molecular weight excluding hydrogens is 500 g/mol. The summed E-state index contributed by atoms with van der Waals surface area (Å²) in [6.45, 7) is 2.84. The van der Waals surface area contributed by atoms with Crippen LogP contribution in [0.3, 0.4) is 0 Å². The molecule has 6 N–H and O–H groups in total. The summed E-state index contributed by atoms with van der Waals surface area (Å²) in [5.41, 5.74) is -1.61. The molecule has 0 spiro atoms. The Bertz CT molecular complexity index is 735. The molecule has 0 aromatic rings. The first-order chi connectivity index (χ1) is 15.4. The summed E-state index contributed by atoms with van der Waals surface area (Å²) in [4.78, 5) is 66.4. The Labute approximate surface area is 231 Å². The molecule has 0 bridgehead atoms. The molecular formula is C20H34CaN2O12. The van der Waals surface area contributed by atoms with Crippen molar-refractivity contribution in [3.8, 4) is 0 Å². The number of rotatable bonds is 13. The molecule has 2 unspecified atom stereocenters. The Morgan fingerprint density at radius 3 is 1.17 bits per heavy atom. The number of carbonyl (C=O) groups is 6. The first kappa shape index (κ1) is 35.2. The Balaban J connectivity index is 0. The maximum atomic E-state index is 11.1. The van der Waals surface area contributed by atoms with E-state index in [1.807, 2.05) is 0 Å². The second-order valence-electron chi connectivity index (χ2n) is 8.78. The van der Waals surface area contributed by atoms with Crippen molar-refractivity contribution in [3.05, 3.63) is 0 Å². The standard InChI is InChI=1S/C10H16N2O8.C10H16O4.Ca.2H/c13-7(14)3-11(4-8(15)16)1-2-12(5-9(17)18)6-10(19)20;1-9(2)6(7(11)12)4-5-10(9,3)8(13)14;;;/h1-6H2,(H,13,14)(H,15,16)(H,17,18)(H,19,20);6H,4-5H2,1-3H3,(H,11,12)(H,13,14);;;. The molecule has 14 nitrogen and oxygen atoms in total. The van der Waals surface area contributed by atoms with Crippen molar-refractivity contribution in [1.29, 1.82) is 0 Å². The van der Waals surface area contributed by atoms with E-state index in [4.69, 9.17) is 30.6 Å². The van der Waals surface area contributed by atoms with Crippen LogP contribution >= 0.6 is 0 Å². The zero-order valence-corrected chi connectivity index (χ0v) is 19.3. The quantitative estimate of drug-likeness (QED) is 0.149. The van der Waals surface area contributed by atoms with E-state index in [1.165, 1.54) is 0 Å². The third-order valence-corrected chi connectivity index (χ3v) is 6.16. The average Bonchev–Trinajstić information content (AvgIpc) is 2.88. The van der Waals surface area contributed by atoms with Crippen LogP contribution in [0.5, 0.6) is 0 Å². The van der Waals surface area contributed by atoms with Crippen molar-refractivity contribution >= 4 is 73.6 Å². The first-order valence-corrected chi connectivity index (χ1v) is 10.2. The fraction of sp³-hybridized carbons (Fsp3) is 0.700. The summed E-state index contributed by atoms with van der Waals surface area (Å²) in [5, 5.41) is 52.6. The van der Waals surface area contributed by atoms with Gasteiger partial charge in [-0.25, -0.2) is 0 Å². The van der Waals surface area contributed by atoms with Crippen molar-refractivity contribution in [2.45, 2.75) is 33.6 Å². The van der Waals surface area contributed by atoms with E-state index in [2.05, 4.69) is 0 Å². The van der Waals surface area contributed by atoms with E-state index in [0.717, 1.165) is 9.80 Å². The molecule has 1 aliphatic rings. The van der Waals surface area contributed by atoms with Gasteiger partial charge in [0.25, 0.3) is 0 Å². The molecule has 0 saturated heterocycles. The fourth-order valence-corrected chi connectivity index (χ4v) is 3.79. The Hall–Kier alpha value is -2.00. The van der Waals surface area contributed by atoms with Crippen molar-refractivity contribution < 1.29 is 59.4 Å². The van der Waals surface area contributed by atoms with Crippen LogP contribution in [0.15, 0.2) is 0 Å². The molecule has 0 amide bonds. The maximum absolute atomic E-state index is 11.1. The molecule has 0 aromatic carbocycles. The molecule has 2 atom stereocenters. The number of nitrogens with zero attached hydrogens (tertiary/aromatic N) is 2. The monoisotopic (exact) mass is 534 g/mol. The molecule has 1 rings (SSSR count). The van der Waals surface area contributed by atoms with Gasteiger partial charge in [-0.3, -0.25) is 38.6 Å². The van der Waals surface area contributed by atoms with Crippen LogP contribution in [-0.2, 0) is 28.8 Å². The van der Waals surface area contributed by atoms with Gasteiger partial charge in [0.2, 0.25) is 0 Å². The number of aliphatic carboxylic acids is 6. The zero-order valence-electron chi connectivity index (χ0n) is 19.3. The van der Waals surface area contributed by atoms with Crippen LogP contribution in [-0.4, -0.2) is 153 Å². The van der Waals surface area contributed by atoms with Crippen LogP contribution in [0.25, 0.3) is 0 Å². The Kier molecular flexibility index (Phi) is 15.3. The van der Waals surface area contributed by atoms with E-state index < -0.39 is 78.7 Å². The second kappa shape index (κ2) is 15.2. The van der Waals surface area contributed by atoms with Gasteiger partial charge in [-0.1, -0.05) is 13.8 Å². The van der Waals surface area contributed by atoms with Gasteiger partial charge in [-0.15, -0.1) is 0 Å². The minimum absolute atomic E-state index is 0. The van der Waals surface area contributed by atoms with Gasteiger partial charge in [-0.2, -0.15) is 0 Å². The number of hydrogen-bond donors (Lipinski definition) is 6. The molecule has 0 aromatic heterocycles. The van der Waals surface area contributed by atoms with E-state index in [9.17, 15) is 28.8 Å². The third-order valence-electron chi connectivity index (χ3n) is 6.16. The van der Waals surface area contributed by atoms with Crippen molar-refractivity contribution in [1.82, 2.24) is 9.80 Å². The van der Waals surface area contributed by atoms with Gasteiger partial charge in [0.05, 0.1) is 37.5 Å². The van der Waals surface area contributed by atoms with E-state index in [-0.39, 0.29) is 50.8 Å². The summed E-state index contributed by atoms with van der Waals surface area (Å²) in [6, 6.07) is 0. The Morgan fingerprint density at radius 1 is 0.686 bits per heavy atom. The van der Waals surface area contributed by atoms with E-state index in [1.54, 1.807) is 20.8 Å². The topological polar surface area (TPSA) is 230 Å². The van der Waals surface area contributed by atoms with Crippen molar-refractivity contribution in [2.75, 3.05) is 39.3 Å². The molecule has 198 valence electrons. The van der Waals surface area contributed by atoms with Gasteiger partial charge in [-0.05, 0) is 25.2 Å². The normalized spacial score (nSPS) is 20.3. The van der Waals surface area contributed by atoms with E-state index in [0.29, 0.717) is 12.8 Å². The summed E-state index contributed by atoms with van der Waals surface area (Å²) < 4.78 is 0. The zero-order chi connectivity index (χ0) is 26.9. The summed E-state index contributed by atoms with van der Waals surface area (Å²) >= 11 is 0. The molecule has 1 saturated carbocycles. The van der Waals surface area contributed by atoms with Gasteiger partial charge < -0.3 is 30.6 Å². The molecule has 0 radical (unpaired) electrons. The second-order valence-corrected chi connectivity index (χ2v) is 8.78. The van der Waals surface area contributed by atoms with Crippen LogP contribution in [0, 0.1) is 16.7 Å². The summed E-state index contributed by atoms with van der Waals surface area (Å²) in [7, 11) is 0. The van der Waals surface area contributed by atoms with Gasteiger partial charge in [0.15, 0.2) is 0 Å². The molecule has 35 heavy (non-hydrogen) atoms. The molecule has 1 aliphatic carbocycles. The van der Waals surface area contributed by atoms with Crippen LogP contribution < -0.4 is 0 Å². The van der Waals surface area contributed by atoms with Gasteiger partial charge in [0.1, 0.15) is 0 Å². The summed E-state index contributed by atoms with van der Waals surface area (Å²) in [6.07, 6.45) is 0.886. The van der Waals surface area contributed by atoms with Crippen LogP contribution in [0.2, 0.25) is 0 Å². The van der Waals surface area contributed by atoms with Crippen molar-refractivity contribution in [2.24, 2.45) is 16.7 Å². The SMILES string of the molecule is CC1(C(=O)O)CCC(C(=O)O)C1(C)C.O=C(O)CN(CCN(CC(=O)O)CC(=O)O)CC(=O)O.[CaH2].